The minimum absolute atomic E-state index is 0.0161. The van der Waals surface area contributed by atoms with Crippen LogP contribution in [0.2, 0.25) is 5.02 Å². The van der Waals surface area contributed by atoms with Crippen LogP contribution < -0.4 is 11.1 Å². The third kappa shape index (κ3) is 4.71. The number of primary amides is 1. The summed E-state index contributed by atoms with van der Waals surface area (Å²) < 4.78 is 0. The van der Waals surface area contributed by atoms with Crippen molar-refractivity contribution in [1.29, 1.82) is 0 Å². The van der Waals surface area contributed by atoms with Gasteiger partial charge in [-0.3, -0.25) is 9.59 Å². The molecule has 3 rings (SSSR count). The molecule has 0 bridgehead atoms. The third-order valence-electron chi connectivity index (χ3n) is 5.51. The highest BCUT2D eigenvalue weighted by atomic mass is 35.5. The Hall–Kier alpha value is -2.57. The van der Waals surface area contributed by atoms with Crippen molar-refractivity contribution < 1.29 is 19.8 Å². The lowest BCUT2D eigenvalue weighted by atomic mass is 9.92. The zero-order chi connectivity index (χ0) is 21.1. The number of rotatable bonds is 5. The summed E-state index contributed by atoms with van der Waals surface area (Å²) in [5, 5.41) is 23.0. The van der Waals surface area contributed by atoms with E-state index in [0.29, 0.717) is 24.0 Å². The van der Waals surface area contributed by atoms with Crippen LogP contribution in [0.4, 0.5) is 0 Å². The first-order chi connectivity index (χ1) is 13.8. The first-order valence-electron chi connectivity index (χ1n) is 9.66. The summed E-state index contributed by atoms with van der Waals surface area (Å²) in [5.41, 5.74) is 8.17. The van der Waals surface area contributed by atoms with Crippen molar-refractivity contribution in [3.8, 4) is 5.75 Å². The number of nitrogens with two attached hydrogens (primary N) is 1. The van der Waals surface area contributed by atoms with Crippen LogP contribution in [0, 0.1) is 6.92 Å². The van der Waals surface area contributed by atoms with Gasteiger partial charge in [-0.25, -0.2) is 0 Å². The van der Waals surface area contributed by atoms with Gasteiger partial charge in [0, 0.05) is 5.56 Å². The highest BCUT2D eigenvalue weighted by Crippen LogP contribution is 2.34. The highest BCUT2D eigenvalue weighted by Gasteiger charge is 2.24. The highest BCUT2D eigenvalue weighted by molar-refractivity contribution is 6.33. The van der Waals surface area contributed by atoms with Crippen LogP contribution in [-0.4, -0.2) is 34.2 Å². The van der Waals surface area contributed by atoms with E-state index >= 15 is 0 Å². The van der Waals surface area contributed by atoms with Crippen LogP contribution in [0.5, 0.6) is 5.75 Å². The molecule has 0 heterocycles. The lowest BCUT2D eigenvalue weighted by molar-refractivity contribution is 0.0717. The van der Waals surface area contributed by atoms with Crippen LogP contribution >= 0.6 is 11.6 Å². The maximum atomic E-state index is 12.5. The van der Waals surface area contributed by atoms with E-state index in [0.717, 1.165) is 30.4 Å². The van der Waals surface area contributed by atoms with Gasteiger partial charge in [-0.1, -0.05) is 36.6 Å². The second-order valence-electron chi connectivity index (χ2n) is 7.54. The number of aliphatic hydroxyl groups excluding tert-OH is 1. The van der Waals surface area contributed by atoms with Crippen molar-refractivity contribution in [2.75, 3.05) is 0 Å². The molecule has 2 amide bonds. The Balaban J connectivity index is 1.74. The van der Waals surface area contributed by atoms with Gasteiger partial charge in [0.15, 0.2) is 0 Å². The van der Waals surface area contributed by atoms with E-state index < -0.39 is 12.0 Å². The molecule has 0 aliphatic heterocycles. The predicted molar refractivity (Wildman–Crippen MR) is 111 cm³/mol. The number of aliphatic hydroxyl groups is 1. The molecule has 6 nitrogen and oxygen atoms in total. The minimum atomic E-state index is -0.748. The summed E-state index contributed by atoms with van der Waals surface area (Å²) >= 11 is 6.14. The van der Waals surface area contributed by atoms with Gasteiger partial charge >= 0.3 is 0 Å². The number of phenols is 1. The van der Waals surface area contributed by atoms with Crippen LogP contribution in [0.25, 0.3) is 0 Å². The van der Waals surface area contributed by atoms with Gasteiger partial charge in [0.1, 0.15) is 5.75 Å². The number of hydrogen-bond donors (Lipinski definition) is 4. The average Bonchev–Trinajstić information content (AvgIpc) is 2.70. The number of carbonyl (C=O) groups is 2. The molecule has 0 unspecified atom stereocenters. The van der Waals surface area contributed by atoms with E-state index in [4.69, 9.17) is 17.3 Å². The van der Waals surface area contributed by atoms with Gasteiger partial charge in [-0.15, -0.1) is 0 Å². The molecular weight excluding hydrogens is 392 g/mol. The summed E-state index contributed by atoms with van der Waals surface area (Å²) in [6.45, 7) is 1.76. The molecule has 1 aliphatic rings. The second-order valence-corrected chi connectivity index (χ2v) is 7.92. The summed E-state index contributed by atoms with van der Waals surface area (Å²) in [5.74, 6) is -1.26. The number of aromatic hydroxyl groups is 1. The van der Waals surface area contributed by atoms with Crippen LogP contribution in [0.15, 0.2) is 30.3 Å². The number of halogens is 1. The normalized spacial score (nSPS) is 19.0. The molecule has 0 saturated heterocycles. The molecule has 1 saturated carbocycles. The van der Waals surface area contributed by atoms with Gasteiger partial charge in [0.25, 0.3) is 11.8 Å². The lowest BCUT2D eigenvalue weighted by Gasteiger charge is -2.28. The van der Waals surface area contributed by atoms with E-state index in [1.165, 1.54) is 0 Å². The summed E-state index contributed by atoms with van der Waals surface area (Å²) in [6, 6.07) is 8.46. The van der Waals surface area contributed by atoms with E-state index in [1.807, 2.05) is 12.1 Å². The van der Waals surface area contributed by atoms with Gasteiger partial charge in [-0.2, -0.15) is 0 Å². The molecule has 0 spiro atoms. The molecule has 0 aromatic heterocycles. The predicted octanol–water partition coefficient (Wildman–Crippen LogP) is 3.08. The fraction of sp³-hybridized carbons (Fsp3) is 0.364. The number of nitrogens with one attached hydrogen (secondary N) is 1. The molecular formula is C22H25ClN2O4. The first-order valence-corrected chi connectivity index (χ1v) is 10.0. The van der Waals surface area contributed by atoms with Crippen molar-refractivity contribution >= 4 is 23.4 Å². The van der Waals surface area contributed by atoms with Crippen molar-refractivity contribution in [3.05, 3.63) is 63.2 Å². The van der Waals surface area contributed by atoms with Gasteiger partial charge in [0.2, 0.25) is 0 Å². The number of carbonyl (C=O) groups excluding carboxylic acids is 2. The maximum absolute atomic E-state index is 12.5. The topological polar surface area (TPSA) is 113 Å². The molecule has 2 aromatic carbocycles. The zero-order valence-electron chi connectivity index (χ0n) is 16.2. The molecule has 5 N–H and O–H groups in total. The monoisotopic (exact) mass is 416 g/mol. The van der Waals surface area contributed by atoms with E-state index in [1.54, 1.807) is 25.1 Å². The number of benzene rings is 2. The Morgan fingerprint density at radius 3 is 2.48 bits per heavy atom. The van der Waals surface area contributed by atoms with Gasteiger partial charge < -0.3 is 21.3 Å². The lowest BCUT2D eigenvalue weighted by Crippen LogP contribution is -2.45. The quantitative estimate of drug-likeness (QED) is 0.599. The van der Waals surface area contributed by atoms with Crippen molar-refractivity contribution in [2.45, 2.75) is 51.2 Å². The largest absolute Gasteiger partial charge is 0.506 e. The van der Waals surface area contributed by atoms with Crippen LogP contribution in [0.3, 0.4) is 0 Å². The van der Waals surface area contributed by atoms with Crippen molar-refractivity contribution in [1.82, 2.24) is 5.32 Å². The van der Waals surface area contributed by atoms with Gasteiger partial charge in [0.05, 0.1) is 22.7 Å². The van der Waals surface area contributed by atoms with Crippen LogP contribution in [0.1, 0.15) is 63.1 Å². The van der Waals surface area contributed by atoms with Crippen molar-refractivity contribution in [2.24, 2.45) is 5.73 Å². The fourth-order valence-electron chi connectivity index (χ4n) is 3.68. The first kappa shape index (κ1) is 21.1. The summed E-state index contributed by atoms with van der Waals surface area (Å²) in [7, 11) is 0. The average molecular weight is 417 g/mol. The SMILES string of the molecule is Cc1c(Cc2ccc(C(=O)N[C@H]3CCCC[C@@H]3O)cc2)cc(C(N)=O)c(O)c1Cl. The smallest absolute Gasteiger partial charge is 0.252 e. The van der Waals surface area contributed by atoms with Crippen LogP contribution in [-0.2, 0) is 6.42 Å². The Bertz CT molecular complexity index is 927. The molecule has 154 valence electrons. The Labute approximate surface area is 174 Å². The standard InChI is InChI=1S/C22H25ClN2O4/c1-12-15(11-16(21(24)28)20(27)19(12)23)10-13-6-8-14(9-7-13)22(29)25-17-4-2-3-5-18(17)26/h6-9,11,17-18,26-27H,2-5,10H2,1H3,(H2,24,28)(H,25,29)/t17-,18-/m0/s1. The Morgan fingerprint density at radius 2 is 1.86 bits per heavy atom. The molecule has 0 radical (unpaired) electrons. The molecule has 2 atom stereocenters. The number of amides is 2. The summed E-state index contributed by atoms with van der Waals surface area (Å²) in [6.07, 6.45) is 3.46. The second kappa shape index (κ2) is 8.84. The van der Waals surface area contributed by atoms with E-state index in [9.17, 15) is 19.8 Å². The maximum Gasteiger partial charge on any atom is 0.252 e. The van der Waals surface area contributed by atoms with Crippen molar-refractivity contribution in [3.63, 3.8) is 0 Å². The van der Waals surface area contributed by atoms with E-state index in [-0.39, 0.29) is 28.3 Å². The van der Waals surface area contributed by atoms with E-state index in [2.05, 4.69) is 5.32 Å². The van der Waals surface area contributed by atoms with Gasteiger partial charge in [-0.05, 0) is 61.1 Å². The minimum Gasteiger partial charge on any atom is -0.506 e. The Kier molecular flexibility index (Phi) is 6.45. The molecule has 7 heteroatoms. The molecule has 1 fully saturated rings. The molecule has 2 aromatic rings. The third-order valence-corrected chi connectivity index (χ3v) is 5.98. The molecule has 1 aliphatic carbocycles. The molecule has 29 heavy (non-hydrogen) atoms. The Morgan fingerprint density at radius 1 is 1.21 bits per heavy atom. The number of hydrogen-bond acceptors (Lipinski definition) is 4. The fourth-order valence-corrected chi connectivity index (χ4v) is 3.91. The zero-order valence-corrected chi connectivity index (χ0v) is 17.0. The summed E-state index contributed by atoms with van der Waals surface area (Å²) in [4.78, 5) is 24.0.